The van der Waals surface area contributed by atoms with Gasteiger partial charge in [-0.2, -0.15) is 10.4 Å². The monoisotopic (exact) mass is 458 g/mol. The first-order valence-electron chi connectivity index (χ1n) is 10.1. The van der Waals surface area contributed by atoms with Crippen LogP contribution in [0.4, 0.5) is 5.95 Å². The van der Waals surface area contributed by atoms with Gasteiger partial charge < -0.3 is 0 Å². The van der Waals surface area contributed by atoms with Crippen molar-refractivity contribution in [3.8, 4) is 11.1 Å². The third-order valence-corrected chi connectivity index (χ3v) is 7.04. The normalized spacial score (nSPS) is 12.6. The Labute approximate surface area is 195 Å². The summed E-state index contributed by atoms with van der Waals surface area (Å²) in [6, 6.07) is 17.4. The van der Waals surface area contributed by atoms with Gasteiger partial charge in [-0.15, -0.1) is 21.5 Å². The summed E-state index contributed by atoms with van der Waals surface area (Å²) in [5, 5.41) is 26.7. The fourth-order valence-electron chi connectivity index (χ4n) is 3.79. The van der Waals surface area contributed by atoms with Gasteiger partial charge in [0, 0.05) is 21.0 Å². The largest absolute Gasteiger partial charge is 0.254 e. The molecule has 0 radical (unpaired) electrons. The topological polar surface area (TPSA) is 70.1 Å². The van der Waals surface area contributed by atoms with Crippen LogP contribution in [0, 0.1) is 32.1 Å². The zero-order chi connectivity index (χ0) is 22.4. The lowest BCUT2D eigenvalue weighted by Crippen LogP contribution is -2.20. The molecule has 6 nitrogen and oxygen atoms in total. The molecule has 0 saturated carbocycles. The van der Waals surface area contributed by atoms with Crippen molar-refractivity contribution in [3.63, 3.8) is 0 Å². The number of aromatic nitrogens is 3. The minimum Gasteiger partial charge on any atom is -0.254 e. The highest BCUT2D eigenvalue weighted by Crippen LogP contribution is 2.38. The number of nitriles is 1. The molecule has 158 valence electrons. The van der Waals surface area contributed by atoms with Gasteiger partial charge in [-0.3, -0.25) is 4.57 Å². The first kappa shape index (κ1) is 20.4. The molecule has 0 bridgehead atoms. The smallest absolute Gasteiger partial charge is 0.253 e. The second-order valence-corrected chi connectivity index (χ2v) is 9.31. The molecule has 1 aliphatic rings. The first-order valence-corrected chi connectivity index (χ1v) is 11.3. The molecule has 0 spiro atoms. The minimum atomic E-state index is 0.494. The van der Waals surface area contributed by atoms with E-state index < -0.39 is 0 Å². The van der Waals surface area contributed by atoms with Gasteiger partial charge in [-0.05, 0) is 56.2 Å². The van der Waals surface area contributed by atoms with E-state index in [1.54, 1.807) is 11.3 Å². The lowest BCUT2D eigenvalue weighted by Gasteiger charge is -2.18. The van der Waals surface area contributed by atoms with Crippen LogP contribution in [-0.4, -0.2) is 20.5 Å². The number of rotatable bonds is 3. The van der Waals surface area contributed by atoms with E-state index in [-0.39, 0.29) is 0 Å². The summed E-state index contributed by atoms with van der Waals surface area (Å²) in [7, 11) is 0. The van der Waals surface area contributed by atoms with Crippen molar-refractivity contribution in [2.75, 3.05) is 5.01 Å². The third-order valence-electron chi connectivity index (χ3n) is 5.60. The van der Waals surface area contributed by atoms with Crippen molar-refractivity contribution in [1.82, 2.24) is 14.8 Å². The van der Waals surface area contributed by atoms with E-state index in [1.165, 1.54) is 10.4 Å². The van der Waals surface area contributed by atoms with Crippen LogP contribution >= 0.6 is 22.9 Å². The molecule has 2 aromatic heterocycles. The van der Waals surface area contributed by atoms with Crippen LogP contribution in [0.1, 0.15) is 38.5 Å². The second-order valence-electron chi connectivity index (χ2n) is 7.67. The molecule has 4 aromatic rings. The van der Waals surface area contributed by atoms with Gasteiger partial charge in [-0.1, -0.05) is 35.9 Å². The van der Waals surface area contributed by atoms with E-state index in [0.717, 1.165) is 33.2 Å². The Morgan fingerprint density at radius 1 is 1.00 bits per heavy atom. The lowest BCUT2D eigenvalue weighted by molar-refractivity contribution is 0.798. The van der Waals surface area contributed by atoms with Crippen LogP contribution in [0.5, 0.6) is 0 Å². The summed E-state index contributed by atoms with van der Waals surface area (Å²) >= 11 is 7.88. The Kier molecular flexibility index (Phi) is 5.04. The maximum Gasteiger partial charge on any atom is 0.253 e. The Balaban J connectivity index is 1.72. The van der Waals surface area contributed by atoms with Crippen molar-refractivity contribution in [3.05, 3.63) is 92.1 Å². The summed E-state index contributed by atoms with van der Waals surface area (Å²) in [5.74, 6) is 1.47. The molecule has 0 aliphatic carbocycles. The number of nitrogens with zero attached hydrogens (tertiary/aromatic N) is 6. The van der Waals surface area contributed by atoms with Crippen LogP contribution in [0.25, 0.3) is 5.00 Å². The van der Waals surface area contributed by atoms with E-state index >= 15 is 0 Å². The maximum absolute atomic E-state index is 9.11. The van der Waals surface area contributed by atoms with Gasteiger partial charge in [0.05, 0.1) is 18.2 Å². The average Bonchev–Trinajstić information content (AvgIpc) is 3.27. The summed E-state index contributed by atoms with van der Waals surface area (Å²) in [4.78, 5) is 1.23. The number of aryl methyl sites for hydroxylation is 2. The molecular weight excluding hydrogens is 440 g/mol. The SMILES string of the molecule is Cc1sc2c(c1C)C(c1ccc(Cl)cc1)=NN(Cc1ccc(C#N)cc1)c1nnc(C)n1-2. The highest BCUT2D eigenvalue weighted by molar-refractivity contribution is 7.15. The molecule has 0 unspecified atom stereocenters. The number of fused-ring (bicyclic) bond motifs is 3. The molecule has 5 rings (SSSR count). The van der Waals surface area contributed by atoms with Gasteiger partial charge in [-0.25, -0.2) is 5.01 Å². The van der Waals surface area contributed by atoms with Crippen molar-refractivity contribution in [2.24, 2.45) is 5.10 Å². The van der Waals surface area contributed by atoms with Crippen LogP contribution in [0.3, 0.4) is 0 Å². The number of hydrogen-bond acceptors (Lipinski definition) is 6. The molecule has 0 N–H and O–H groups in total. The Hall–Kier alpha value is -3.47. The van der Waals surface area contributed by atoms with E-state index in [1.807, 2.05) is 60.5 Å². The summed E-state index contributed by atoms with van der Waals surface area (Å²) < 4.78 is 2.08. The maximum atomic E-state index is 9.11. The predicted octanol–water partition coefficient (Wildman–Crippen LogP) is 5.55. The van der Waals surface area contributed by atoms with Crippen LogP contribution in [0.15, 0.2) is 53.6 Å². The van der Waals surface area contributed by atoms with Crippen LogP contribution in [0.2, 0.25) is 5.02 Å². The zero-order valence-electron chi connectivity index (χ0n) is 17.8. The highest BCUT2D eigenvalue weighted by atomic mass is 35.5. The summed E-state index contributed by atoms with van der Waals surface area (Å²) in [6.07, 6.45) is 0. The molecule has 0 fully saturated rings. The Morgan fingerprint density at radius 2 is 1.72 bits per heavy atom. The van der Waals surface area contributed by atoms with Gasteiger partial charge in [0.25, 0.3) is 5.95 Å². The summed E-state index contributed by atoms with van der Waals surface area (Å²) in [6.45, 7) is 6.71. The highest BCUT2D eigenvalue weighted by Gasteiger charge is 2.30. The van der Waals surface area contributed by atoms with Crippen molar-refractivity contribution >= 4 is 34.6 Å². The number of hydrogen-bond donors (Lipinski definition) is 0. The van der Waals surface area contributed by atoms with Gasteiger partial charge in [0.2, 0.25) is 0 Å². The molecule has 32 heavy (non-hydrogen) atoms. The molecule has 1 aliphatic heterocycles. The molecule has 0 atom stereocenters. The van der Waals surface area contributed by atoms with E-state index in [9.17, 15) is 0 Å². The van der Waals surface area contributed by atoms with Crippen LogP contribution < -0.4 is 5.01 Å². The van der Waals surface area contributed by atoms with E-state index in [0.29, 0.717) is 23.1 Å². The van der Waals surface area contributed by atoms with Gasteiger partial charge in [0.1, 0.15) is 16.5 Å². The molecule has 3 heterocycles. The van der Waals surface area contributed by atoms with Gasteiger partial charge >= 0.3 is 0 Å². The average molecular weight is 459 g/mol. The number of halogens is 1. The lowest BCUT2D eigenvalue weighted by atomic mass is 10.00. The van der Waals surface area contributed by atoms with E-state index in [4.69, 9.17) is 22.0 Å². The Morgan fingerprint density at radius 3 is 2.41 bits per heavy atom. The molecular formula is C24H19ClN6S. The summed E-state index contributed by atoms with van der Waals surface area (Å²) in [5.41, 5.74) is 5.78. The fraction of sp³-hybridized carbons (Fsp3) is 0.167. The molecule has 8 heteroatoms. The molecule has 0 amide bonds. The second kappa shape index (κ2) is 7.90. The minimum absolute atomic E-state index is 0.494. The molecule has 2 aromatic carbocycles. The molecule has 0 saturated heterocycles. The standard InChI is InChI=1S/C24H19ClN6S/c1-14-15(2)32-23-21(14)22(19-8-10-20(25)11-9-19)29-30(24-28-27-16(3)31(23)24)13-18-6-4-17(12-26)5-7-18/h4-11H,13H2,1-3H3. The number of benzene rings is 2. The fourth-order valence-corrected chi connectivity index (χ4v) is 5.12. The number of anilines is 1. The van der Waals surface area contributed by atoms with Crippen molar-refractivity contribution < 1.29 is 0 Å². The van der Waals surface area contributed by atoms with Crippen molar-refractivity contribution in [1.29, 1.82) is 5.26 Å². The van der Waals surface area contributed by atoms with Crippen LogP contribution in [-0.2, 0) is 6.54 Å². The first-order chi connectivity index (χ1) is 15.5. The quantitative estimate of drug-likeness (QED) is 0.403. The Bertz CT molecular complexity index is 1390. The predicted molar refractivity (Wildman–Crippen MR) is 128 cm³/mol. The van der Waals surface area contributed by atoms with Crippen molar-refractivity contribution in [2.45, 2.75) is 27.3 Å². The third kappa shape index (κ3) is 3.38. The van der Waals surface area contributed by atoms with Gasteiger partial charge in [0.15, 0.2) is 0 Å². The zero-order valence-corrected chi connectivity index (χ0v) is 19.4. The number of hydrazone groups is 1. The van der Waals surface area contributed by atoms with E-state index in [2.05, 4.69) is 34.7 Å². The number of thiophene rings is 1.